The minimum Gasteiger partial charge on any atom is -0.332 e. The lowest BCUT2D eigenvalue weighted by molar-refractivity contribution is -0.134. The number of nitrogens with zero attached hydrogens (tertiary/aromatic N) is 4. The van der Waals surface area contributed by atoms with Crippen molar-refractivity contribution in [3.8, 4) is 5.69 Å². The lowest BCUT2D eigenvalue weighted by Crippen LogP contribution is -2.40. The number of hydrogen-bond acceptors (Lipinski definition) is 3. The molecule has 3 aromatic rings. The van der Waals surface area contributed by atoms with E-state index in [1.807, 2.05) is 51.9 Å². The Morgan fingerprint density at radius 3 is 2.63 bits per heavy atom. The van der Waals surface area contributed by atoms with Gasteiger partial charge < -0.3 is 4.90 Å². The summed E-state index contributed by atoms with van der Waals surface area (Å²) < 4.78 is 2.00. The molecule has 1 aromatic heterocycles. The first kappa shape index (κ1) is 17.5. The van der Waals surface area contributed by atoms with Crippen molar-refractivity contribution in [2.45, 2.75) is 38.6 Å². The summed E-state index contributed by atoms with van der Waals surface area (Å²) in [7, 11) is 0. The topological polar surface area (TPSA) is 51.0 Å². The van der Waals surface area contributed by atoms with Crippen LogP contribution in [0.3, 0.4) is 0 Å². The van der Waals surface area contributed by atoms with E-state index in [1.54, 1.807) is 6.33 Å². The van der Waals surface area contributed by atoms with Gasteiger partial charge >= 0.3 is 0 Å². The van der Waals surface area contributed by atoms with E-state index >= 15 is 0 Å². The number of benzene rings is 2. The molecule has 27 heavy (non-hydrogen) atoms. The fraction of sp³-hybridized carbons (Fsp3) is 0.318. The van der Waals surface area contributed by atoms with Crippen LogP contribution in [-0.4, -0.2) is 32.1 Å². The average molecular weight is 360 g/mol. The van der Waals surface area contributed by atoms with Gasteiger partial charge in [-0.3, -0.25) is 9.36 Å². The molecule has 1 saturated heterocycles. The van der Waals surface area contributed by atoms with Crippen LogP contribution in [0, 0.1) is 6.92 Å². The van der Waals surface area contributed by atoms with Gasteiger partial charge in [0.25, 0.3) is 0 Å². The third-order valence-electron chi connectivity index (χ3n) is 5.21. The largest absolute Gasteiger partial charge is 0.332 e. The highest BCUT2D eigenvalue weighted by Gasteiger charge is 2.31. The van der Waals surface area contributed by atoms with Gasteiger partial charge in [-0.2, -0.15) is 0 Å². The fourth-order valence-corrected chi connectivity index (χ4v) is 3.74. The van der Waals surface area contributed by atoms with Crippen molar-refractivity contribution in [3.63, 3.8) is 0 Å². The minimum absolute atomic E-state index is 0.0283. The molecule has 1 unspecified atom stereocenters. The second-order valence-corrected chi connectivity index (χ2v) is 7.16. The number of aromatic nitrogens is 3. The normalized spacial score (nSPS) is 17.1. The summed E-state index contributed by atoms with van der Waals surface area (Å²) in [6.45, 7) is 2.83. The number of rotatable bonds is 4. The second kappa shape index (κ2) is 7.74. The Morgan fingerprint density at radius 1 is 1.07 bits per heavy atom. The monoisotopic (exact) mass is 360 g/mol. The van der Waals surface area contributed by atoms with Crippen molar-refractivity contribution in [1.29, 1.82) is 0 Å². The number of carbonyl (C=O) groups excluding carboxylic acids is 1. The van der Waals surface area contributed by atoms with Gasteiger partial charge in [-0.1, -0.05) is 48.0 Å². The zero-order valence-corrected chi connectivity index (χ0v) is 15.6. The molecular formula is C22H24N4O. The number of likely N-dealkylation sites (tertiary alicyclic amines) is 1. The highest BCUT2D eigenvalue weighted by molar-refractivity contribution is 5.79. The molecule has 1 atom stereocenters. The Hall–Kier alpha value is -2.95. The zero-order chi connectivity index (χ0) is 18.6. The van der Waals surface area contributed by atoms with Gasteiger partial charge in [0.1, 0.15) is 6.33 Å². The lowest BCUT2D eigenvalue weighted by atomic mass is 9.99. The summed E-state index contributed by atoms with van der Waals surface area (Å²) in [4.78, 5) is 15.1. The quantitative estimate of drug-likeness (QED) is 0.710. The molecule has 1 aliphatic heterocycles. The van der Waals surface area contributed by atoms with E-state index in [-0.39, 0.29) is 11.9 Å². The molecule has 1 aliphatic rings. The van der Waals surface area contributed by atoms with E-state index in [9.17, 15) is 4.79 Å². The number of piperidine rings is 1. The molecule has 1 fully saturated rings. The lowest BCUT2D eigenvalue weighted by Gasteiger charge is -2.35. The van der Waals surface area contributed by atoms with Crippen LogP contribution in [0.5, 0.6) is 0 Å². The second-order valence-electron chi connectivity index (χ2n) is 7.16. The third-order valence-corrected chi connectivity index (χ3v) is 5.21. The molecule has 1 amide bonds. The number of carbonyl (C=O) groups is 1. The first-order chi connectivity index (χ1) is 13.2. The summed E-state index contributed by atoms with van der Waals surface area (Å²) in [5.74, 6) is 1.00. The van der Waals surface area contributed by atoms with Crippen LogP contribution in [0.25, 0.3) is 5.69 Å². The standard InChI is InChI=1S/C22H24N4O/c1-17-10-12-18(13-11-17)15-21(27)25-14-6-5-9-20(25)22-24-23-16-26(22)19-7-3-2-4-8-19/h2-4,7-8,10-13,16,20H,5-6,9,14-15H2,1H3. The molecule has 5 nitrogen and oxygen atoms in total. The highest BCUT2D eigenvalue weighted by Crippen LogP contribution is 2.31. The summed E-state index contributed by atoms with van der Waals surface area (Å²) in [5.41, 5.74) is 3.28. The zero-order valence-electron chi connectivity index (χ0n) is 15.6. The Bertz CT molecular complexity index is 902. The van der Waals surface area contributed by atoms with Crippen LogP contribution in [0.1, 0.15) is 42.3 Å². The SMILES string of the molecule is Cc1ccc(CC(=O)N2CCCCC2c2nncn2-c2ccccc2)cc1. The van der Waals surface area contributed by atoms with Crippen LogP contribution in [0.4, 0.5) is 0 Å². The van der Waals surface area contributed by atoms with Crippen LogP contribution in [0.15, 0.2) is 60.9 Å². The molecule has 2 heterocycles. The van der Waals surface area contributed by atoms with Gasteiger partial charge in [0.05, 0.1) is 12.5 Å². The number of hydrogen-bond donors (Lipinski definition) is 0. The Labute approximate surface area is 159 Å². The number of amides is 1. The van der Waals surface area contributed by atoms with Crippen LogP contribution in [-0.2, 0) is 11.2 Å². The summed E-state index contributed by atoms with van der Waals surface area (Å²) in [5, 5.41) is 8.52. The average Bonchev–Trinajstić information content (AvgIpc) is 3.20. The maximum Gasteiger partial charge on any atom is 0.227 e. The molecule has 138 valence electrons. The van der Waals surface area contributed by atoms with Gasteiger partial charge in [-0.25, -0.2) is 0 Å². The van der Waals surface area contributed by atoms with Crippen molar-refractivity contribution >= 4 is 5.91 Å². The van der Waals surface area contributed by atoms with E-state index in [0.29, 0.717) is 6.42 Å². The van der Waals surface area contributed by atoms with E-state index in [2.05, 4.69) is 29.3 Å². The molecule has 5 heteroatoms. The van der Waals surface area contributed by atoms with Gasteiger partial charge in [-0.15, -0.1) is 10.2 Å². The first-order valence-corrected chi connectivity index (χ1v) is 9.53. The van der Waals surface area contributed by atoms with Crippen LogP contribution < -0.4 is 0 Å². The molecule has 2 aromatic carbocycles. The third kappa shape index (κ3) is 3.77. The summed E-state index contributed by atoms with van der Waals surface area (Å²) >= 11 is 0. The molecular weight excluding hydrogens is 336 g/mol. The van der Waals surface area contributed by atoms with E-state index in [0.717, 1.165) is 42.9 Å². The van der Waals surface area contributed by atoms with Gasteiger partial charge in [-0.05, 0) is 43.9 Å². The van der Waals surface area contributed by atoms with Gasteiger partial charge in [0, 0.05) is 12.2 Å². The fourth-order valence-electron chi connectivity index (χ4n) is 3.74. The predicted molar refractivity (Wildman–Crippen MR) is 105 cm³/mol. The van der Waals surface area contributed by atoms with Crippen molar-refractivity contribution in [3.05, 3.63) is 77.9 Å². The molecule has 0 aliphatic carbocycles. The maximum atomic E-state index is 13.1. The maximum absolute atomic E-state index is 13.1. The van der Waals surface area contributed by atoms with Gasteiger partial charge in [0.2, 0.25) is 5.91 Å². The van der Waals surface area contributed by atoms with E-state index in [1.165, 1.54) is 5.56 Å². The Morgan fingerprint density at radius 2 is 1.85 bits per heavy atom. The number of aryl methyl sites for hydroxylation is 1. The van der Waals surface area contributed by atoms with Gasteiger partial charge in [0.15, 0.2) is 5.82 Å². The predicted octanol–water partition coefficient (Wildman–Crippen LogP) is 3.87. The van der Waals surface area contributed by atoms with Crippen LogP contribution in [0.2, 0.25) is 0 Å². The Kier molecular flexibility index (Phi) is 5.01. The Balaban J connectivity index is 1.59. The summed E-state index contributed by atoms with van der Waals surface area (Å²) in [6, 6.07) is 18.2. The molecule has 4 rings (SSSR count). The number of para-hydroxylation sites is 1. The van der Waals surface area contributed by atoms with Crippen molar-refractivity contribution < 1.29 is 4.79 Å². The molecule has 0 N–H and O–H groups in total. The summed E-state index contributed by atoms with van der Waals surface area (Å²) in [6.07, 6.45) is 5.22. The van der Waals surface area contributed by atoms with Crippen LogP contribution >= 0.6 is 0 Å². The molecule has 0 saturated carbocycles. The molecule has 0 spiro atoms. The molecule has 0 radical (unpaired) electrons. The highest BCUT2D eigenvalue weighted by atomic mass is 16.2. The molecule has 0 bridgehead atoms. The van der Waals surface area contributed by atoms with E-state index < -0.39 is 0 Å². The van der Waals surface area contributed by atoms with Crippen molar-refractivity contribution in [1.82, 2.24) is 19.7 Å². The van der Waals surface area contributed by atoms with Crippen molar-refractivity contribution in [2.75, 3.05) is 6.54 Å². The van der Waals surface area contributed by atoms with Crippen molar-refractivity contribution in [2.24, 2.45) is 0 Å². The minimum atomic E-state index is -0.0283. The smallest absolute Gasteiger partial charge is 0.227 e. The van der Waals surface area contributed by atoms with E-state index in [4.69, 9.17) is 0 Å². The first-order valence-electron chi connectivity index (χ1n) is 9.53.